The third-order valence-corrected chi connectivity index (χ3v) is 3.47. The summed E-state index contributed by atoms with van der Waals surface area (Å²) in [5.74, 6) is 0. The smallest absolute Gasteiger partial charge is 0.107 e. The van der Waals surface area contributed by atoms with Crippen LogP contribution in [0.2, 0.25) is 5.02 Å². The summed E-state index contributed by atoms with van der Waals surface area (Å²) in [5.41, 5.74) is 2.35. The van der Waals surface area contributed by atoms with Crippen LogP contribution in [0.25, 0.3) is 10.9 Å². The minimum atomic E-state index is -0.759. The number of aromatic nitrogens is 1. The normalized spacial score (nSPS) is 12.5. The molecule has 1 N–H and O–H groups in total. The topological polar surface area (TPSA) is 33.1 Å². The van der Waals surface area contributed by atoms with E-state index in [0.29, 0.717) is 10.6 Å². The molecule has 1 unspecified atom stereocenters. The molecule has 19 heavy (non-hydrogen) atoms. The average molecular weight is 270 g/mol. The molecule has 0 saturated carbocycles. The van der Waals surface area contributed by atoms with E-state index in [4.69, 9.17) is 11.6 Å². The zero-order valence-corrected chi connectivity index (χ0v) is 10.9. The lowest BCUT2D eigenvalue weighted by Crippen LogP contribution is -2.01. The van der Waals surface area contributed by atoms with Crippen molar-refractivity contribution in [2.24, 2.45) is 0 Å². The first-order chi connectivity index (χ1) is 9.25. The molecule has 1 aromatic heterocycles. The maximum atomic E-state index is 10.4. The Morgan fingerprint density at radius 2 is 1.74 bits per heavy atom. The fraction of sp³-hybridized carbons (Fsp3) is 0.0625. The molecule has 1 heterocycles. The van der Waals surface area contributed by atoms with Gasteiger partial charge in [0.15, 0.2) is 0 Å². The third-order valence-electron chi connectivity index (χ3n) is 3.13. The highest BCUT2D eigenvalue weighted by Crippen LogP contribution is 2.28. The SMILES string of the molecule is OC(c1cnc2ccccc2c1)c1ccccc1Cl. The van der Waals surface area contributed by atoms with E-state index in [1.54, 1.807) is 12.3 Å². The molecule has 0 fully saturated rings. The number of hydrogen-bond donors (Lipinski definition) is 1. The van der Waals surface area contributed by atoms with E-state index in [0.717, 1.165) is 16.5 Å². The van der Waals surface area contributed by atoms with Crippen LogP contribution in [-0.2, 0) is 0 Å². The van der Waals surface area contributed by atoms with Crippen molar-refractivity contribution < 1.29 is 5.11 Å². The molecule has 0 aliphatic heterocycles. The number of hydrogen-bond acceptors (Lipinski definition) is 2. The minimum absolute atomic E-state index is 0.558. The molecule has 0 aliphatic rings. The summed E-state index contributed by atoms with van der Waals surface area (Å²) in [6.45, 7) is 0. The van der Waals surface area contributed by atoms with E-state index >= 15 is 0 Å². The van der Waals surface area contributed by atoms with Crippen molar-refractivity contribution in [3.05, 3.63) is 76.9 Å². The zero-order valence-electron chi connectivity index (χ0n) is 10.1. The Bertz CT molecular complexity index is 727. The van der Waals surface area contributed by atoms with Crippen molar-refractivity contribution >= 4 is 22.5 Å². The standard InChI is InChI=1S/C16H12ClNO/c17-14-7-3-2-6-13(14)16(19)12-9-11-5-1-4-8-15(11)18-10-12/h1-10,16,19H. The van der Waals surface area contributed by atoms with Gasteiger partial charge < -0.3 is 5.11 Å². The van der Waals surface area contributed by atoms with Gasteiger partial charge >= 0.3 is 0 Å². The van der Waals surface area contributed by atoms with E-state index in [2.05, 4.69) is 4.98 Å². The van der Waals surface area contributed by atoms with Crippen LogP contribution >= 0.6 is 11.6 Å². The largest absolute Gasteiger partial charge is 0.384 e. The van der Waals surface area contributed by atoms with Crippen molar-refractivity contribution in [3.8, 4) is 0 Å². The lowest BCUT2D eigenvalue weighted by Gasteiger charge is -2.13. The summed E-state index contributed by atoms with van der Waals surface area (Å²) in [6.07, 6.45) is 0.932. The van der Waals surface area contributed by atoms with Crippen LogP contribution in [0.3, 0.4) is 0 Å². The Balaban J connectivity index is 2.07. The summed E-state index contributed by atoms with van der Waals surface area (Å²) in [4.78, 5) is 4.35. The lowest BCUT2D eigenvalue weighted by molar-refractivity contribution is 0.220. The first-order valence-electron chi connectivity index (χ1n) is 6.03. The number of pyridine rings is 1. The highest BCUT2D eigenvalue weighted by atomic mass is 35.5. The van der Waals surface area contributed by atoms with Gasteiger partial charge in [0.05, 0.1) is 5.52 Å². The monoisotopic (exact) mass is 269 g/mol. The minimum Gasteiger partial charge on any atom is -0.384 e. The Labute approximate surface area is 116 Å². The Morgan fingerprint density at radius 3 is 2.58 bits per heavy atom. The van der Waals surface area contributed by atoms with Gasteiger partial charge in [0.2, 0.25) is 0 Å². The number of rotatable bonds is 2. The first-order valence-corrected chi connectivity index (χ1v) is 6.41. The molecule has 0 saturated heterocycles. The van der Waals surface area contributed by atoms with E-state index in [1.165, 1.54) is 0 Å². The number of aliphatic hydroxyl groups is 1. The van der Waals surface area contributed by atoms with Crippen LogP contribution in [0.15, 0.2) is 60.8 Å². The molecule has 0 spiro atoms. The Hall–Kier alpha value is -1.90. The molecule has 3 aromatic rings. The predicted octanol–water partition coefficient (Wildman–Crippen LogP) is 3.97. The Kier molecular flexibility index (Phi) is 3.20. The van der Waals surface area contributed by atoms with E-state index < -0.39 is 6.10 Å². The van der Waals surface area contributed by atoms with Crippen LogP contribution in [0.4, 0.5) is 0 Å². The molecule has 2 aromatic carbocycles. The van der Waals surface area contributed by atoms with Gasteiger partial charge in [0.1, 0.15) is 6.10 Å². The molecular formula is C16H12ClNO. The fourth-order valence-electron chi connectivity index (χ4n) is 2.11. The van der Waals surface area contributed by atoms with Gasteiger partial charge in [-0.2, -0.15) is 0 Å². The number of benzene rings is 2. The van der Waals surface area contributed by atoms with Gasteiger partial charge in [-0.1, -0.05) is 48.0 Å². The van der Waals surface area contributed by atoms with Gasteiger partial charge in [-0.05, 0) is 18.2 Å². The molecule has 0 bridgehead atoms. The molecule has 0 aliphatic carbocycles. The van der Waals surface area contributed by atoms with Gasteiger partial charge in [-0.25, -0.2) is 0 Å². The molecular weight excluding hydrogens is 258 g/mol. The summed E-state index contributed by atoms with van der Waals surface area (Å²) >= 11 is 6.11. The molecule has 2 nitrogen and oxygen atoms in total. The molecule has 0 radical (unpaired) electrons. The lowest BCUT2D eigenvalue weighted by atomic mass is 10.0. The summed E-state index contributed by atoms with van der Waals surface area (Å²) < 4.78 is 0. The second kappa shape index (κ2) is 5.00. The van der Waals surface area contributed by atoms with Crippen molar-refractivity contribution in [2.45, 2.75) is 6.10 Å². The first kappa shape index (κ1) is 12.2. The van der Waals surface area contributed by atoms with Crippen LogP contribution in [0, 0.1) is 0 Å². The van der Waals surface area contributed by atoms with Crippen LogP contribution < -0.4 is 0 Å². The summed E-state index contributed by atoms with van der Waals surface area (Å²) in [5, 5.41) is 12.0. The van der Waals surface area contributed by atoms with Crippen LogP contribution in [0.1, 0.15) is 17.2 Å². The summed E-state index contributed by atoms with van der Waals surface area (Å²) in [6, 6.07) is 17.1. The average Bonchev–Trinajstić information content (AvgIpc) is 2.46. The molecule has 3 heteroatoms. The zero-order chi connectivity index (χ0) is 13.2. The van der Waals surface area contributed by atoms with Crippen LogP contribution in [-0.4, -0.2) is 10.1 Å². The van der Waals surface area contributed by atoms with Crippen LogP contribution in [0.5, 0.6) is 0 Å². The predicted molar refractivity (Wildman–Crippen MR) is 77.3 cm³/mol. The van der Waals surface area contributed by atoms with Crippen molar-refractivity contribution in [1.82, 2.24) is 4.98 Å². The molecule has 3 rings (SSSR count). The number of aliphatic hydroxyl groups excluding tert-OH is 1. The highest BCUT2D eigenvalue weighted by Gasteiger charge is 2.14. The Morgan fingerprint density at radius 1 is 1.00 bits per heavy atom. The van der Waals surface area contributed by atoms with E-state index in [9.17, 15) is 5.11 Å². The maximum absolute atomic E-state index is 10.4. The van der Waals surface area contributed by atoms with E-state index in [-0.39, 0.29) is 0 Å². The van der Waals surface area contributed by atoms with E-state index in [1.807, 2.05) is 48.5 Å². The van der Waals surface area contributed by atoms with Gasteiger partial charge in [0, 0.05) is 27.7 Å². The maximum Gasteiger partial charge on any atom is 0.107 e. The van der Waals surface area contributed by atoms with Crippen molar-refractivity contribution in [3.63, 3.8) is 0 Å². The molecule has 1 atom stereocenters. The molecule has 94 valence electrons. The number of halogens is 1. The summed E-state index contributed by atoms with van der Waals surface area (Å²) in [7, 11) is 0. The number of fused-ring (bicyclic) bond motifs is 1. The van der Waals surface area contributed by atoms with Gasteiger partial charge in [-0.3, -0.25) is 4.98 Å². The fourth-order valence-corrected chi connectivity index (χ4v) is 2.35. The third kappa shape index (κ3) is 2.33. The quantitative estimate of drug-likeness (QED) is 0.764. The van der Waals surface area contributed by atoms with Crippen molar-refractivity contribution in [2.75, 3.05) is 0 Å². The van der Waals surface area contributed by atoms with Gasteiger partial charge in [-0.15, -0.1) is 0 Å². The molecule has 0 amide bonds. The van der Waals surface area contributed by atoms with Crippen molar-refractivity contribution in [1.29, 1.82) is 0 Å². The number of para-hydroxylation sites is 1. The second-order valence-electron chi connectivity index (χ2n) is 4.39. The number of nitrogens with zero attached hydrogens (tertiary/aromatic N) is 1. The highest BCUT2D eigenvalue weighted by molar-refractivity contribution is 6.31. The van der Waals surface area contributed by atoms with Gasteiger partial charge in [0.25, 0.3) is 0 Å². The second-order valence-corrected chi connectivity index (χ2v) is 4.79.